The lowest BCUT2D eigenvalue weighted by molar-refractivity contribution is -0.138. The third-order valence-corrected chi connectivity index (χ3v) is 13.6. The fraction of sp³-hybridized carbons (Fsp3) is 0.434. The Hall–Kier alpha value is -7.63. The van der Waals surface area contributed by atoms with Crippen LogP contribution in [0.4, 0.5) is 17.2 Å². The number of fused-ring (bicyclic) bond motifs is 2. The van der Waals surface area contributed by atoms with Crippen LogP contribution in [0.1, 0.15) is 82.0 Å². The standard InChI is InChI=1S/C53H64N10O12S/c1-33-24-38-29-56-40-27-42(34(2)25-39(40)51(69)63(38)30-33)74-18-6-8-47(66)58-44-32-61(4)49(59-44)50(68)57-37-11-9-35(10-12-37)36-26-41(60(3)31-36)53(71)75-19-7-15-54-46(65)14-20-72-22-23-73-21-16-55-45(64)13-17-62-48(67)28-43(76-5)52(62)70/h9-12,25-27,29,31-32,38,43H,1,6-8,13-24,28,30H2,2-5H3,(H,54,65)(H,55,64)(H,57,68)(H,58,66)/t38-,43?/m0/s1. The molecular formula is C53H64N10O12S. The van der Waals surface area contributed by atoms with Crippen LogP contribution >= 0.6 is 11.8 Å². The van der Waals surface area contributed by atoms with Gasteiger partial charge in [0.05, 0.1) is 62.2 Å². The van der Waals surface area contributed by atoms with Gasteiger partial charge in [-0.1, -0.05) is 24.3 Å². The SMILES string of the molecule is C=C1C[C@H]2C=Nc3cc(OCCCC(=O)Nc4cn(C)c(C(=O)Nc5ccc(-c6cc(C(=O)OCCCNC(=O)CCOCCOCCNC(=O)CCN7C(=O)CC(SC)C7=O)n(C)c6)cc5)n4)c(C)cc3C(=O)N2C1. The van der Waals surface area contributed by atoms with Gasteiger partial charge >= 0.3 is 5.97 Å². The van der Waals surface area contributed by atoms with Gasteiger partial charge in [-0.25, -0.2) is 9.78 Å². The highest BCUT2D eigenvalue weighted by Crippen LogP contribution is 2.35. The number of rotatable bonds is 27. The van der Waals surface area contributed by atoms with Crippen molar-refractivity contribution in [3.05, 3.63) is 89.7 Å². The minimum atomic E-state index is -0.519. The van der Waals surface area contributed by atoms with Gasteiger partial charge in [-0.05, 0) is 67.8 Å². The molecule has 1 unspecified atom stereocenters. The van der Waals surface area contributed by atoms with E-state index >= 15 is 0 Å². The highest BCUT2D eigenvalue weighted by Gasteiger charge is 2.38. The molecule has 3 aliphatic rings. The second-order valence-corrected chi connectivity index (χ2v) is 19.5. The van der Waals surface area contributed by atoms with Gasteiger partial charge in [0.15, 0.2) is 5.82 Å². The zero-order valence-corrected chi connectivity index (χ0v) is 44.0. The summed E-state index contributed by atoms with van der Waals surface area (Å²) in [5, 5.41) is 10.7. The van der Waals surface area contributed by atoms with E-state index in [1.54, 1.807) is 90.9 Å². The van der Waals surface area contributed by atoms with Crippen LogP contribution in [-0.4, -0.2) is 161 Å². The molecule has 4 N–H and O–H groups in total. The number of ether oxygens (including phenoxy) is 4. The number of hydrogen-bond acceptors (Lipinski definition) is 15. The molecule has 2 aromatic carbocycles. The van der Waals surface area contributed by atoms with E-state index in [1.165, 1.54) is 16.3 Å². The molecule has 23 heteroatoms. The van der Waals surface area contributed by atoms with Crippen LogP contribution in [0.25, 0.3) is 11.1 Å². The molecule has 7 amide bonds. The van der Waals surface area contributed by atoms with Gasteiger partial charge in [-0.3, -0.25) is 43.5 Å². The number of likely N-dealkylation sites (tertiary alicyclic amines) is 1. The van der Waals surface area contributed by atoms with Crippen molar-refractivity contribution in [2.75, 3.05) is 82.7 Å². The van der Waals surface area contributed by atoms with Crippen molar-refractivity contribution in [1.82, 2.24) is 34.6 Å². The lowest BCUT2D eigenvalue weighted by Crippen LogP contribution is -2.36. The summed E-state index contributed by atoms with van der Waals surface area (Å²) < 4.78 is 25.5. The van der Waals surface area contributed by atoms with Gasteiger partial charge in [0, 0.05) is 102 Å². The van der Waals surface area contributed by atoms with Crippen LogP contribution in [0, 0.1) is 6.92 Å². The highest BCUT2D eigenvalue weighted by atomic mass is 32.2. The number of carbonyl (C=O) groups is 8. The van der Waals surface area contributed by atoms with Crippen molar-refractivity contribution in [3.8, 4) is 16.9 Å². The van der Waals surface area contributed by atoms with E-state index < -0.39 is 11.9 Å². The van der Waals surface area contributed by atoms with Crippen molar-refractivity contribution in [1.29, 1.82) is 0 Å². The van der Waals surface area contributed by atoms with E-state index in [0.29, 0.717) is 60.7 Å². The molecule has 0 spiro atoms. The Bertz CT molecular complexity index is 2860. The van der Waals surface area contributed by atoms with Crippen molar-refractivity contribution >= 4 is 82.5 Å². The quantitative estimate of drug-likeness (QED) is 0.0280. The van der Waals surface area contributed by atoms with E-state index in [-0.39, 0.29) is 137 Å². The zero-order chi connectivity index (χ0) is 54.3. The van der Waals surface area contributed by atoms with Crippen LogP contribution in [0.15, 0.2) is 72.0 Å². The van der Waals surface area contributed by atoms with Crippen molar-refractivity contribution < 1.29 is 57.3 Å². The number of carbonyl (C=O) groups excluding carboxylic acids is 8. The molecule has 2 aromatic heterocycles. The first-order chi connectivity index (χ1) is 36.6. The van der Waals surface area contributed by atoms with E-state index in [4.69, 9.17) is 18.9 Å². The first kappa shape index (κ1) is 56.1. The van der Waals surface area contributed by atoms with Gasteiger partial charge in [-0.2, -0.15) is 11.8 Å². The fourth-order valence-corrected chi connectivity index (χ4v) is 9.22. The summed E-state index contributed by atoms with van der Waals surface area (Å²) in [6, 6.07) is 12.2. The number of amides is 7. The topological polar surface area (TPSA) is 263 Å². The number of benzene rings is 2. The number of imidazole rings is 1. The molecule has 404 valence electrons. The maximum atomic E-state index is 13.2. The first-order valence-electron chi connectivity index (χ1n) is 25.0. The summed E-state index contributed by atoms with van der Waals surface area (Å²) in [6.07, 6.45) is 8.89. The number of aryl methyl sites for hydroxylation is 3. The predicted octanol–water partition coefficient (Wildman–Crippen LogP) is 4.35. The lowest BCUT2D eigenvalue weighted by atomic mass is 10.1. The van der Waals surface area contributed by atoms with Gasteiger partial charge in [0.1, 0.15) is 11.4 Å². The van der Waals surface area contributed by atoms with E-state index in [0.717, 1.165) is 27.2 Å². The maximum absolute atomic E-state index is 13.2. The number of thioether (sulfide) groups is 1. The number of aliphatic imine (C=N–C) groups is 1. The first-order valence-corrected chi connectivity index (χ1v) is 26.3. The molecule has 2 saturated heterocycles. The molecule has 2 atom stereocenters. The normalized spacial score (nSPS) is 15.8. The minimum Gasteiger partial charge on any atom is -0.493 e. The third-order valence-electron chi connectivity index (χ3n) is 12.6. The molecule has 7 rings (SSSR count). The second-order valence-electron chi connectivity index (χ2n) is 18.4. The summed E-state index contributed by atoms with van der Waals surface area (Å²) in [7, 11) is 3.38. The Kier molecular flexibility index (Phi) is 19.7. The Morgan fingerprint density at radius 3 is 2.30 bits per heavy atom. The minimum absolute atomic E-state index is 0.0272. The number of esters is 1. The Labute approximate surface area is 444 Å². The largest absolute Gasteiger partial charge is 0.493 e. The van der Waals surface area contributed by atoms with E-state index in [2.05, 4.69) is 37.8 Å². The number of hydrogen-bond donors (Lipinski definition) is 4. The lowest BCUT2D eigenvalue weighted by Gasteiger charge is -2.20. The van der Waals surface area contributed by atoms with Gasteiger partial charge in [0.2, 0.25) is 35.4 Å². The summed E-state index contributed by atoms with van der Waals surface area (Å²) in [5.74, 6) is -1.48. The number of anilines is 2. The molecule has 5 heterocycles. The van der Waals surface area contributed by atoms with Crippen LogP contribution in [0.2, 0.25) is 0 Å². The Balaban J connectivity index is 0.730. The fourth-order valence-electron chi connectivity index (χ4n) is 8.58. The summed E-state index contributed by atoms with van der Waals surface area (Å²) in [6.45, 7) is 8.35. The summed E-state index contributed by atoms with van der Waals surface area (Å²) in [4.78, 5) is 113. The third kappa shape index (κ3) is 15.0. The van der Waals surface area contributed by atoms with Crippen LogP contribution in [0.5, 0.6) is 5.75 Å². The average Bonchev–Trinajstić information content (AvgIpc) is 4.14. The molecule has 3 aliphatic heterocycles. The van der Waals surface area contributed by atoms with Crippen molar-refractivity contribution in [2.24, 2.45) is 19.1 Å². The smallest absolute Gasteiger partial charge is 0.354 e. The Morgan fingerprint density at radius 1 is 0.789 bits per heavy atom. The van der Waals surface area contributed by atoms with Crippen LogP contribution < -0.4 is 26.0 Å². The molecule has 0 aliphatic carbocycles. The molecule has 4 aromatic rings. The molecule has 0 saturated carbocycles. The number of aromatic nitrogens is 3. The zero-order valence-electron chi connectivity index (χ0n) is 43.1. The van der Waals surface area contributed by atoms with Crippen LogP contribution in [-0.2, 0) is 52.3 Å². The van der Waals surface area contributed by atoms with Crippen molar-refractivity contribution in [3.63, 3.8) is 0 Å². The second kappa shape index (κ2) is 26.7. The molecule has 76 heavy (non-hydrogen) atoms. The maximum Gasteiger partial charge on any atom is 0.354 e. The Morgan fingerprint density at radius 2 is 1.54 bits per heavy atom. The van der Waals surface area contributed by atoms with Gasteiger partial charge in [0.25, 0.3) is 11.8 Å². The van der Waals surface area contributed by atoms with Crippen LogP contribution in [0.3, 0.4) is 0 Å². The molecule has 0 radical (unpaired) electrons. The molecule has 2 fully saturated rings. The van der Waals surface area contributed by atoms with Gasteiger partial charge in [-0.15, -0.1) is 0 Å². The number of imide groups is 1. The predicted molar refractivity (Wildman–Crippen MR) is 284 cm³/mol. The highest BCUT2D eigenvalue weighted by molar-refractivity contribution is 8.00. The summed E-state index contributed by atoms with van der Waals surface area (Å²) >= 11 is 1.33. The van der Waals surface area contributed by atoms with E-state index in [1.807, 2.05) is 6.92 Å². The molecule has 22 nitrogen and oxygen atoms in total. The molecule has 0 bridgehead atoms. The molecular weight excluding hydrogens is 1000 g/mol. The summed E-state index contributed by atoms with van der Waals surface area (Å²) in [5.41, 5.74) is 5.25. The van der Waals surface area contributed by atoms with Crippen molar-refractivity contribution in [2.45, 2.75) is 63.2 Å². The number of nitrogens with one attached hydrogen (secondary N) is 4. The van der Waals surface area contributed by atoms with E-state index in [9.17, 15) is 38.4 Å². The van der Waals surface area contributed by atoms with Gasteiger partial charge < -0.3 is 54.2 Å². The average molecular weight is 1070 g/mol. The number of nitrogens with zero attached hydrogens (tertiary/aromatic N) is 6. The monoisotopic (exact) mass is 1060 g/mol.